The molecule has 0 aromatic heterocycles. The second kappa shape index (κ2) is 24.5. The molecule has 0 aliphatic carbocycles. The molecule has 0 aliphatic heterocycles. The summed E-state index contributed by atoms with van der Waals surface area (Å²) in [6.45, 7) is 2.29. The zero-order valence-corrected chi connectivity index (χ0v) is 22.7. The summed E-state index contributed by atoms with van der Waals surface area (Å²) >= 11 is 11.1. The van der Waals surface area contributed by atoms with Crippen LogP contribution in [0.15, 0.2) is 0 Å². The van der Waals surface area contributed by atoms with E-state index in [1.807, 2.05) is 0 Å². The van der Waals surface area contributed by atoms with E-state index in [1.165, 1.54) is 141 Å². The normalized spacial score (nSPS) is 12.0. The maximum atomic E-state index is 11.2. The molecule has 0 aromatic rings. The Morgan fingerprint density at radius 3 is 0.800 bits per heavy atom. The highest BCUT2D eigenvalue weighted by atomic mass is 35.9. The van der Waals surface area contributed by atoms with Crippen molar-refractivity contribution in [2.75, 3.05) is 6.16 Å². The summed E-state index contributed by atoms with van der Waals surface area (Å²) in [7, 11) is 0. The summed E-state index contributed by atoms with van der Waals surface area (Å²) in [5, 5.41) is 0. The van der Waals surface area contributed by atoms with Gasteiger partial charge in [0.05, 0.1) is 0 Å². The lowest BCUT2D eigenvalue weighted by Gasteiger charge is -2.04. The van der Waals surface area contributed by atoms with Gasteiger partial charge in [0.2, 0.25) is 0 Å². The molecule has 0 rings (SSSR count). The Labute approximate surface area is 199 Å². The van der Waals surface area contributed by atoms with Crippen molar-refractivity contribution < 1.29 is 4.57 Å². The van der Waals surface area contributed by atoms with E-state index in [1.54, 1.807) is 0 Å². The summed E-state index contributed by atoms with van der Waals surface area (Å²) in [6, 6.07) is 0. The molecule has 0 fully saturated rings. The van der Waals surface area contributed by atoms with Crippen molar-refractivity contribution in [3.8, 4) is 0 Å². The highest BCUT2D eigenvalue weighted by Crippen LogP contribution is 2.57. The Kier molecular flexibility index (Phi) is 25.1. The molecule has 0 atom stereocenters. The summed E-state index contributed by atoms with van der Waals surface area (Å²) in [4.78, 5) is 0. The molecule has 0 radical (unpaired) electrons. The van der Waals surface area contributed by atoms with Gasteiger partial charge < -0.3 is 0 Å². The highest BCUT2D eigenvalue weighted by Gasteiger charge is 2.11. The van der Waals surface area contributed by atoms with Gasteiger partial charge in [-0.1, -0.05) is 155 Å². The highest BCUT2D eigenvalue weighted by molar-refractivity contribution is 8.08. The van der Waals surface area contributed by atoms with Crippen molar-refractivity contribution in [2.24, 2.45) is 0 Å². The van der Waals surface area contributed by atoms with Crippen molar-refractivity contribution in [3.05, 3.63) is 0 Å². The first kappa shape index (κ1) is 30.8. The zero-order valence-electron chi connectivity index (χ0n) is 20.3. The molecule has 30 heavy (non-hydrogen) atoms. The first-order chi connectivity index (χ1) is 14.6. The fraction of sp³-hybridized carbons (Fsp3) is 1.00. The average Bonchev–Trinajstić information content (AvgIpc) is 2.70. The molecule has 4 heteroatoms. The molecular weight excluding hydrogens is 430 g/mol. The van der Waals surface area contributed by atoms with Gasteiger partial charge in [-0.2, -0.15) is 0 Å². The molecule has 0 bridgehead atoms. The van der Waals surface area contributed by atoms with Gasteiger partial charge in [-0.3, -0.25) is 4.57 Å². The summed E-state index contributed by atoms with van der Waals surface area (Å²) < 4.78 is 11.2. The van der Waals surface area contributed by atoms with Crippen LogP contribution in [0, 0.1) is 0 Å². The van der Waals surface area contributed by atoms with E-state index < -0.39 is 5.85 Å². The zero-order chi connectivity index (χ0) is 22.2. The predicted octanol–water partition coefficient (Wildman–Crippen LogP) is 12.0. The molecule has 0 saturated carbocycles. The van der Waals surface area contributed by atoms with Gasteiger partial charge in [0, 0.05) is 6.16 Å². The van der Waals surface area contributed by atoms with Crippen molar-refractivity contribution in [2.45, 2.75) is 161 Å². The van der Waals surface area contributed by atoms with E-state index >= 15 is 0 Å². The van der Waals surface area contributed by atoms with Crippen LogP contribution in [0.25, 0.3) is 0 Å². The maximum absolute atomic E-state index is 11.2. The molecule has 0 amide bonds. The van der Waals surface area contributed by atoms with Gasteiger partial charge in [-0.25, -0.2) is 0 Å². The van der Waals surface area contributed by atoms with Gasteiger partial charge in [-0.05, 0) is 28.9 Å². The minimum atomic E-state index is -2.82. The fourth-order valence-electron chi connectivity index (χ4n) is 4.26. The third kappa shape index (κ3) is 28.8. The van der Waals surface area contributed by atoms with Crippen LogP contribution < -0.4 is 0 Å². The molecule has 0 heterocycles. The summed E-state index contributed by atoms with van der Waals surface area (Å²) in [5.41, 5.74) is 0. The number of unbranched alkanes of at least 4 members (excludes halogenated alkanes) is 23. The molecule has 0 N–H and O–H groups in total. The predicted molar refractivity (Wildman–Crippen MR) is 141 cm³/mol. The standard InChI is InChI=1S/C26H53Cl2OP/c1-2-3-4-5-6-7-8-9-10-11-12-13-14-15-16-17-18-19-20-21-22-23-24-25-26-30(27,28)29/h2-26H2,1H3. The minimum absolute atomic E-state index is 0.482. The van der Waals surface area contributed by atoms with Crippen LogP contribution in [0.2, 0.25) is 0 Å². The second-order valence-electron chi connectivity index (χ2n) is 9.43. The molecule has 0 spiro atoms. The monoisotopic (exact) mass is 482 g/mol. The molecule has 0 saturated heterocycles. The van der Waals surface area contributed by atoms with Crippen LogP contribution in [0.5, 0.6) is 0 Å². The van der Waals surface area contributed by atoms with Gasteiger partial charge in [-0.15, -0.1) is 0 Å². The van der Waals surface area contributed by atoms with Crippen LogP contribution in [0.3, 0.4) is 0 Å². The van der Waals surface area contributed by atoms with Crippen LogP contribution >= 0.6 is 28.3 Å². The number of hydrogen-bond acceptors (Lipinski definition) is 1. The maximum Gasteiger partial charge on any atom is 0.253 e. The Balaban J connectivity index is 3.03. The largest absolute Gasteiger partial charge is 0.289 e. The SMILES string of the molecule is CCCCCCCCCCCCCCCCCCCCCCCCCCP(=O)(Cl)Cl. The Hall–Kier alpha value is 0.810. The lowest BCUT2D eigenvalue weighted by Crippen LogP contribution is -1.85. The lowest BCUT2D eigenvalue weighted by atomic mass is 10.0. The van der Waals surface area contributed by atoms with Crippen molar-refractivity contribution >= 4 is 28.3 Å². The van der Waals surface area contributed by atoms with Crippen molar-refractivity contribution in [3.63, 3.8) is 0 Å². The smallest absolute Gasteiger partial charge is 0.253 e. The minimum Gasteiger partial charge on any atom is -0.289 e. The number of hydrogen-bond donors (Lipinski definition) is 0. The van der Waals surface area contributed by atoms with Gasteiger partial charge >= 0.3 is 0 Å². The third-order valence-electron chi connectivity index (χ3n) is 6.27. The van der Waals surface area contributed by atoms with Gasteiger partial charge in [0.25, 0.3) is 5.85 Å². The first-order valence-electron chi connectivity index (χ1n) is 13.5. The van der Waals surface area contributed by atoms with E-state index in [4.69, 9.17) is 22.5 Å². The van der Waals surface area contributed by atoms with Crippen molar-refractivity contribution in [1.82, 2.24) is 0 Å². The summed E-state index contributed by atoms with van der Waals surface area (Å²) in [6.07, 6.45) is 33.8. The molecule has 1 nitrogen and oxygen atoms in total. The van der Waals surface area contributed by atoms with Gasteiger partial charge in [0.1, 0.15) is 0 Å². The number of halogens is 2. The quantitative estimate of drug-likeness (QED) is 0.0932. The fourth-order valence-corrected chi connectivity index (χ4v) is 5.57. The van der Waals surface area contributed by atoms with Crippen LogP contribution in [-0.2, 0) is 4.57 Å². The molecule has 0 aliphatic rings. The topological polar surface area (TPSA) is 17.1 Å². The first-order valence-corrected chi connectivity index (χ1v) is 17.2. The summed E-state index contributed by atoms with van der Waals surface area (Å²) in [5.74, 6) is -2.82. The Morgan fingerprint density at radius 2 is 0.600 bits per heavy atom. The van der Waals surface area contributed by atoms with Crippen LogP contribution in [0.1, 0.15) is 161 Å². The van der Waals surface area contributed by atoms with E-state index in [2.05, 4.69) is 6.92 Å². The average molecular weight is 484 g/mol. The molecular formula is C26H53Cl2OP. The lowest BCUT2D eigenvalue weighted by molar-refractivity contribution is 0.517. The Bertz CT molecular complexity index is 370. The third-order valence-corrected chi connectivity index (χ3v) is 8.12. The molecule has 0 aromatic carbocycles. The number of rotatable bonds is 25. The van der Waals surface area contributed by atoms with Gasteiger partial charge in [0.15, 0.2) is 0 Å². The second-order valence-corrected chi connectivity index (χ2v) is 14.8. The van der Waals surface area contributed by atoms with E-state index in [-0.39, 0.29) is 0 Å². The van der Waals surface area contributed by atoms with Crippen LogP contribution in [0.4, 0.5) is 0 Å². The Morgan fingerprint density at radius 1 is 0.400 bits per heavy atom. The van der Waals surface area contributed by atoms with Crippen molar-refractivity contribution in [1.29, 1.82) is 0 Å². The van der Waals surface area contributed by atoms with Crippen LogP contribution in [-0.4, -0.2) is 6.16 Å². The molecule has 182 valence electrons. The van der Waals surface area contributed by atoms with E-state index in [0.29, 0.717) is 6.16 Å². The van der Waals surface area contributed by atoms with E-state index in [0.717, 1.165) is 12.8 Å². The van der Waals surface area contributed by atoms with E-state index in [9.17, 15) is 4.57 Å². The molecule has 0 unspecified atom stereocenters.